The molecular weight excluding hydrogens is 342 g/mol. The first-order chi connectivity index (χ1) is 13.1. The van der Waals surface area contributed by atoms with Gasteiger partial charge in [-0.05, 0) is 54.1 Å². The van der Waals surface area contributed by atoms with Crippen LogP contribution in [0.4, 0.5) is 5.69 Å². The summed E-state index contributed by atoms with van der Waals surface area (Å²) in [7, 11) is 1.62. The van der Waals surface area contributed by atoms with Crippen LogP contribution in [-0.4, -0.2) is 32.0 Å². The second kappa shape index (κ2) is 8.36. The molecule has 5 heteroatoms. The molecule has 0 aliphatic heterocycles. The molecule has 0 aliphatic carbocycles. The zero-order chi connectivity index (χ0) is 19.2. The number of ether oxygens (including phenoxy) is 2. The summed E-state index contributed by atoms with van der Waals surface area (Å²) in [6, 6.07) is 18.4. The summed E-state index contributed by atoms with van der Waals surface area (Å²) in [4.78, 5) is 23.9. The number of carbonyl (C=O) groups is 2. The van der Waals surface area contributed by atoms with Crippen LogP contribution in [0.3, 0.4) is 0 Å². The van der Waals surface area contributed by atoms with Crippen LogP contribution in [0.2, 0.25) is 0 Å². The Balaban J connectivity index is 1.58. The lowest BCUT2D eigenvalue weighted by molar-refractivity contribution is 0.0520. The molecule has 5 nitrogen and oxygen atoms in total. The number of hydrogen-bond acceptors (Lipinski definition) is 5. The van der Waals surface area contributed by atoms with Crippen LogP contribution >= 0.6 is 0 Å². The van der Waals surface area contributed by atoms with Crippen molar-refractivity contribution < 1.29 is 19.1 Å². The highest BCUT2D eigenvalue weighted by molar-refractivity contribution is 5.99. The van der Waals surface area contributed by atoms with E-state index in [1.54, 1.807) is 25.3 Å². The second-order valence-corrected chi connectivity index (χ2v) is 6.09. The number of benzene rings is 3. The molecule has 1 N–H and O–H groups in total. The molecule has 27 heavy (non-hydrogen) atoms. The molecule has 0 aromatic heterocycles. The quantitative estimate of drug-likeness (QED) is 0.385. The molecule has 0 saturated carbocycles. The van der Waals surface area contributed by atoms with Crippen molar-refractivity contribution in [2.75, 3.05) is 25.6 Å². The van der Waals surface area contributed by atoms with Crippen molar-refractivity contribution in [1.82, 2.24) is 0 Å². The van der Waals surface area contributed by atoms with Gasteiger partial charge < -0.3 is 14.8 Å². The van der Waals surface area contributed by atoms with E-state index in [1.165, 1.54) is 6.92 Å². The molecule has 0 aliphatic rings. The summed E-state index contributed by atoms with van der Waals surface area (Å²) in [5.74, 6) is 0.381. The fraction of sp³-hybridized carbons (Fsp3) is 0.182. The number of fused-ring (bicyclic) bond motifs is 1. The van der Waals surface area contributed by atoms with E-state index in [-0.39, 0.29) is 18.4 Å². The lowest BCUT2D eigenvalue weighted by atomic mass is 10.1. The summed E-state index contributed by atoms with van der Waals surface area (Å²) in [6.45, 7) is 2.14. The van der Waals surface area contributed by atoms with Crippen LogP contribution < -0.4 is 10.1 Å². The molecule has 3 aromatic rings. The molecule has 0 fully saturated rings. The van der Waals surface area contributed by atoms with E-state index in [9.17, 15) is 9.59 Å². The highest BCUT2D eigenvalue weighted by Crippen LogP contribution is 2.22. The molecule has 0 amide bonds. The van der Waals surface area contributed by atoms with E-state index >= 15 is 0 Å². The smallest absolute Gasteiger partial charge is 0.338 e. The zero-order valence-corrected chi connectivity index (χ0v) is 15.3. The fourth-order valence-electron chi connectivity index (χ4n) is 2.83. The number of methoxy groups -OCH3 is 1. The fourth-order valence-corrected chi connectivity index (χ4v) is 2.83. The predicted molar refractivity (Wildman–Crippen MR) is 106 cm³/mol. The highest BCUT2D eigenvalue weighted by Gasteiger charge is 2.09. The molecule has 3 aromatic carbocycles. The number of carbonyl (C=O) groups excluding carboxylic acids is 2. The first kappa shape index (κ1) is 18.5. The SMILES string of the molecule is COc1ccc2cc(C(=O)OCCNc3ccccc3C(C)=O)ccc2c1. The Labute approximate surface area is 157 Å². The van der Waals surface area contributed by atoms with Crippen LogP contribution in [0.5, 0.6) is 5.75 Å². The third-order valence-electron chi connectivity index (χ3n) is 4.24. The number of anilines is 1. The molecule has 138 valence electrons. The lowest BCUT2D eigenvalue weighted by Gasteiger charge is -2.11. The summed E-state index contributed by atoms with van der Waals surface area (Å²) in [6.07, 6.45) is 0. The maximum Gasteiger partial charge on any atom is 0.338 e. The Kier molecular flexibility index (Phi) is 5.71. The van der Waals surface area contributed by atoms with Gasteiger partial charge in [0.15, 0.2) is 5.78 Å². The molecule has 0 heterocycles. The average Bonchev–Trinajstić information content (AvgIpc) is 2.70. The van der Waals surface area contributed by atoms with Crippen LogP contribution in [0.1, 0.15) is 27.6 Å². The van der Waals surface area contributed by atoms with Gasteiger partial charge in [0.05, 0.1) is 12.7 Å². The van der Waals surface area contributed by atoms with Crippen LogP contribution in [-0.2, 0) is 4.74 Å². The maximum atomic E-state index is 12.3. The molecule has 0 bridgehead atoms. The summed E-state index contributed by atoms with van der Waals surface area (Å²) < 4.78 is 10.5. The topological polar surface area (TPSA) is 64.6 Å². The Morgan fingerprint density at radius 1 is 0.963 bits per heavy atom. The van der Waals surface area contributed by atoms with Crippen LogP contribution in [0.15, 0.2) is 60.7 Å². The second-order valence-electron chi connectivity index (χ2n) is 6.09. The molecule has 0 saturated heterocycles. The first-order valence-corrected chi connectivity index (χ1v) is 8.67. The van der Waals surface area contributed by atoms with Gasteiger partial charge in [-0.2, -0.15) is 0 Å². The third kappa shape index (κ3) is 4.44. The van der Waals surface area contributed by atoms with E-state index in [0.717, 1.165) is 22.2 Å². The highest BCUT2D eigenvalue weighted by atomic mass is 16.5. The minimum atomic E-state index is -0.380. The standard InChI is InChI=1S/C22H21NO4/c1-15(24)20-5-3-4-6-21(20)23-11-12-27-22(25)18-8-7-17-14-19(26-2)10-9-16(17)13-18/h3-10,13-14,23H,11-12H2,1-2H3. The molecule has 3 rings (SSSR count). The normalized spacial score (nSPS) is 10.4. The van der Waals surface area contributed by atoms with Gasteiger partial charge in [0.1, 0.15) is 12.4 Å². The molecular formula is C22H21NO4. The van der Waals surface area contributed by atoms with E-state index in [0.29, 0.717) is 17.7 Å². The summed E-state index contributed by atoms with van der Waals surface area (Å²) in [5.41, 5.74) is 1.85. The number of hydrogen-bond donors (Lipinski definition) is 1. The van der Waals surface area contributed by atoms with Gasteiger partial charge in [-0.1, -0.05) is 24.3 Å². The number of nitrogens with one attached hydrogen (secondary N) is 1. The zero-order valence-electron chi connectivity index (χ0n) is 15.3. The van der Waals surface area contributed by atoms with E-state index in [2.05, 4.69) is 5.32 Å². The monoisotopic (exact) mass is 363 g/mol. The number of para-hydroxylation sites is 1. The van der Waals surface area contributed by atoms with Gasteiger partial charge in [-0.25, -0.2) is 4.79 Å². The molecule has 0 spiro atoms. The van der Waals surface area contributed by atoms with Gasteiger partial charge in [-0.15, -0.1) is 0 Å². The lowest BCUT2D eigenvalue weighted by Crippen LogP contribution is -2.15. The van der Waals surface area contributed by atoms with E-state index in [4.69, 9.17) is 9.47 Å². The third-order valence-corrected chi connectivity index (χ3v) is 4.24. The van der Waals surface area contributed by atoms with Crippen molar-refractivity contribution in [3.8, 4) is 5.75 Å². The number of Topliss-reactive ketones (excluding diaryl/α,β-unsaturated/α-hetero) is 1. The minimum absolute atomic E-state index is 0.0112. The Bertz CT molecular complexity index is 981. The van der Waals surface area contributed by atoms with Crippen molar-refractivity contribution in [3.05, 3.63) is 71.8 Å². The molecule has 0 unspecified atom stereocenters. The summed E-state index contributed by atoms with van der Waals surface area (Å²) in [5, 5.41) is 5.07. The average molecular weight is 363 g/mol. The van der Waals surface area contributed by atoms with E-state index in [1.807, 2.05) is 42.5 Å². The van der Waals surface area contributed by atoms with E-state index < -0.39 is 0 Å². The Morgan fingerprint density at radius 2 is 1.70 bits per heavy atom. The summed E-state index contributed by atoms with van der Waals surface area (Å²) >= 11 is 0. The molecule has 0 radical (unpaired) electrons. The first-order valence-electron chi connectivity index (χ1n) is 8.67. The number of ketones is 1. The number of rotatable bonds is 7. The van der Waals surface area contributed by atoms with Crippen molar-refractivity contribution in [1.29, 1.82) is 0 Å². The Hall–Kier alpha value is -3.34. The van der Waals surface area contributed by atoms with Crippen molar-refractivity contribution in [2.24, 2.45) is 0 Å². The van der Waals surface area contributed by atoms with Crippen molar-refractivity contribution in [2.45, 2.75) is 6.92 Å². The van der Waals surface area contributed by atoms with Gasteiger partial charge in [0.2, 0.25) is 0 Å². The van der Waals surface area contributed by atoms with Gasteiger partial charge in [-0.3, -0.25) is 4.79 Å². The van der Waals surface area contributed by atoms with Gasteiger partial charge >= 0.3 is 5.97 Å². The Morgan fingerprint density at radius 3 is 2.48 bits per heavy atom. The van der Waals surface area contributed by atoms with Crippen molar-refractivity contribution in [3.63, 3.8) is 0 Å². The predicted octanol–water partition coefficient (Wildman–Crippen LogP) is 4.32. The minimum Gasteiger partial charge on any atom is -0.497 e. The van der Waals surface area contributed by atoms with Crippen LogP contribution in [0.25, 0.3) is 10.8 Å². The van der Waals surface area contributed by atoms with Crippen molar-refractivity contribution >= 4 is 28.2 Å². The van der Waals surface area contributed by atoms with Gasteiger partial charge in [0.25, 0.3) is 0 Å². The molecule has 0 atom stereocenters. The van der Waals surface area contributed by atoms with Gasteiger partial charge in [0, 0.05) is 17.8 Å². The number of esters is 1. The maximum absolute atomic E-state index is 12.3. The largest absolute Gasteiger partial charge is 0.497 e. The van der Waals surface area contributed by atoms with Crippen LogP contribution in [0, 0.1) is 0 Å².